The summed E-state index contributed by atoms with van der Waals surface area (Å²) in [6.45, 7) is 8.69. The zero-order valence-electron chi connectivity index (χ0n) is 18.0. The summed E-state index contributed by atoms with van der Waals surface area (Å²) in [6.07, 6.45) is 4.90. The first-order chi connectivity index (χ1) is 14.0. The smallest absolute Gasteiger partial charge is 0.0444 e. The first kappa shape index (κ1) is 18.4. The Morgan fingerprint density at radius 1 is 0.793 bits per heavy atom. The summed E-state index contributed by atoms with van der Waals surface area (Å²) in [5.41, 5.74) is 13.7. The summed E-state index contributed by atoms with van der Waals surface area (Å²) in [5, 5.41) is 0. The normalized spacial score (nSPS) is 20.6. The molecule has 0 bridgehead atoms. The van der Waals surface area contributed by atoms with E-state index < -0.39 is 0 Å². The molecule has 2 aliphatic rings. The van der Waals surface area contributed by atoms with E-state index in [-0.39, 0.29) is 5.41 Å². The molecule has 1 heterocycles. The third-order valence-corrected chi connectivity index (χ3v) is 6.95. The molecule has 2 aliphatic carbocycles. The highest BCUT2D eigenvalue weighted by molar-refractivity contribution is 5.92. The van der Waals surface area contributed by atoms with Crippen LogP contribution in [0.25, 0.3) is 5.57 Å². The number of aromatic nitrogens is 1. The third kappa shape index (κ3) is 2.71. The molecule has 3 aromatic rings. The van der Waals surface area contributed by atoms with Crippen molar-refractivity contribution in [2.75, 3.05) is 0 Å². The monoisotopic (exact) mass is 379 g/mol. The van der Waals surface area contributed by atoms with E-state index in [2.05, 4.69) is 82.3 Å². The maximum Gasteiger partial charge on any atom is 0.0444 e. The van der Waals surface area contributed by atoms with Crippen molar-refractivity contribution < 1.29 is 0 Å². The SMILES string of the molecule is Cc1ccc(C2=C3CCCC[C@]3(c3ccc(C)cc3)c3c2cc(C)nc3C)cc1. The second kappa shape index (κ2) is 6.69. The van der Waals surface area contributed by atoms with Gasteiger partial charge in [0.05, 0.1) is 0 Å². The van der Waals surface area contributed by atoms with Gasteiger partial charge in [-0.05, 0) is 86.4 Å². The van der Waals surface area contributed by atoms with Crippen LogP contribution in [0.2, 0.25) is 0 Å². The molecule has 1 fully saturated rings. The zero-order valence-corrected chi connectivity index (χ0v) is 18.0. The molecular formula is C28H29N. The van der Waals surface area contributed by atoms with Gasteiger partial charge < -0.3 is 0 Å². The van der Waals surface area contributed by atoms with Crippen LogP contribution in [0.4, 0.5) is 0 Å². The van der Waals surface area contributed by atoms with Gasteiger partial charge in [-0.15, -0.1) is 0 Å². The molecule has 1 atom stereocenters. The number of fused-ring (bicyclic) bond motifs is 3. The van der Waals surface area contributed by atoms with Gasteiger partial charge in [0, 0.05) is 16.8 Å². The Labute approximate surface area is 174 Å². The van der Waals surface area contributed by atoms with E-state index >= 15 is 0 Å². The zero-order chi connectivity index (χ0) is 20.2. The summed E-state index contributed by atoms with van der Waals surface area (Å²) < 4.78 is 0. The summed E-state index contributed by atoms with van der Waals surface area (Å²) in [5.74, 6) is 0. The molecule has 0 radical (unpaired) electrons. The predicted octanol–water partition coefficient (Wildman–Crippen LogP) is 6.99. The number of allylic oxidation sites excluding steroid dienone is 1. The summed E-state index contributed by atoms with van der Waals surface area (Å²) in [6, 6.07) is 20.7. The van der Waals surface area contributed by atoms with Crippen molar-refractivity contribution in [3.63, 3.8) is 0 Å². The molecule has 0 N–H and O–H groups in total. The second-order valence-electron chi connectivity index (χ2n) is 8.97. The number of benzene rings is 2. The number of hydrogen-bond acceptors (Lipinski definition) is 1. The molecule has 0 unspecified atom stereocenters. The Morgan fingerprint density at radius 2 is 1.45 bits per heavy atom. The lowest BCUT2D eigenvalue weighted by Gasteiger charge is -2.39. The Balaban J connectivity index is 1.88. The van der Waals surface area contributed by atoms with Crippen molar-refractivity contribution in [1.82, 2.24) is 4.98 Å². The van der Waals surface area contributed by atoms with Crippen LogP contribution in [0.15, 0.2) is 60.2 Å². The van der Waals surface area contributed by atoms with E-state index in [1.807, 2.05) is 0 Å². The fraction of sp³-hybridized carbons (Fsp3) is 0.321. The van der Waals surface area contributed by atoms with Crippen LogP contribution < -0.4 is 0 Å². The van der Waals surface area contributed by atoms with Crippen LogP contribution in [-0.4, -0.2) is 4.98 Å². The average Bonchev–Trinajstić information content (AvgIpc) is 3.00. The topological polar surface area (TPSA) is 12.9 Å². The lowest BCUT2D eigenvalue weighted by atomic mass is 9.64. The van der Waals surface area contributed by atoms with Crippen molar-refractivity contribution in [1.29, 1.82) is 0 Å². The third-order valence-electron chi connectivity index (χ3n) is 6.95. The first-order valence-electron chi connectivity index (χ1n) is 10.9. The van der Waals surface area contributed by atoms with Crippen LogP contribution in [-0.2, 0) is 5.41 Å². The van der Waals surface area contributed by atoms with E-state index in [9.17, 15) is 0 Å². The molecule has 0 aliphatic heterocycles. The van der Waals surface area contributed by atoms with Crippen molar-refractivity contribution in [3.8, 4) is 0 Å². The van der Waals surface area contributed by atoms with E-state index in [0.29, 0.717) is 0 Å². The highest BCUT2D eigenvalue weighted by Gasteiger charge is 2.48. The van der Waals surface area contributed by atoms with E-state index in [4.69, 9.17) is 4.98 Å². The second-order valence-corrected chi connectivity index (χ2v) is 8.97. The Hall–Kier alpha value is -2.67. The van der Waals surface area contributed by atoms with Gasteiger partial charge in [-0.3, -0.25) is 4.98 Å². The highest BCUT2D eigenvalue weighted by Crippen LogP contribution is 2.59. The number of rotatable bonds is 2. The van der Waals surface area contributed by atoms with Gasteiger partial charge in [0.2, 0.25) is 0 Å². The maximum absolute atomic E-state index is 4.94. The van der Waals surface area contributed by atoms with E-state index in [0.717, 1.165) is 5.69 Å². The molecule has 0 saturated heterocycles. The minimum atomic E-state index is -0.0215. The molecule has 1 nitrogen and oxygen atoms in total. The molecule has 146 valence electrons. The summed E-state index contributed by atoms with van der Waals surface area (Å²) in [4.78, 5) is 4.94. The minimum absolute atomic E-state index is 0.0215. The number of nitrogens with zero attached hydrogens (tertiary/aromatic N) is 1. The van der Waals surface area contributed by atoms with Crippen LogP contribution in [0.5, 0.6) is 0 Å². The first-order valence-corrected chi connectivity index (χ1v) is 10.9. The molecular weight excluding hydrogens is 350 g/mol. The standard InChI is InChI=1S/C28H29N/c1-18-8-12-22(13-9-18)26-24-17-20(3)29-21(4)27(24)28(16-6-5-7-25(26)28)23-14-10-19(2)11-15-23/h8-15,17H,5-7,16H2,1-4H3/t28-/m1/s1. The average molecular weight is 380 g/mol. The Bertz CT molecular complexity index is 1120. The molecule has 0 spiro atoms. The van der Waals surface area contributed by atoms with Crippen LogP contribution in [0, 0.1) is 27.7 Å². The van der Waals surface area contributed by atoms with Gasteiger partial charge >= 0.3 is 0 Å². The molecule has 1 heteroatoms. The van der Waals surface area contributed by atoms with E-state index in [1.165, 1.54) is 70.3 Å². The fourth-order valence-corrected chi connectivity index (χ4v) is 5.75. The van der Waals surface area contributed by atoms with Crippen molar-refractivity contribution in [3.05, 3.63) is 105 Å². The van der Waals surface area contributed by atoms with Crippen molar-refractivity contribution in [2.24, 2.45) is 0 Å². The van der Waals surface area contributed by atoms with Gasteiger partial charge in [0.1, 0.15) is 0 Å². The Morgan fingerprint density at radius 3 is 2.14 bits per heavy atom. The van der Waals surface area contributed by atoms with Gasteiger partial charge in [-0.2, -0.15) is 0 Å². The number of aryl methyl sites for hydroxylation is 4. The predicted molar refractivity (Wildman–Crippen MR) is 121 cm³/mol. The minimum Gasteiger partial charge on any atom is -0.258 e. The quantitative estimate of drug-likeness (QED) is 0.467. The van der Waals surface area contributed by atoms with Crippen LogP contribution >= 0.6 is 0 Å². The molecule has 1 saturated carbocycles. The van der Waals surface area contributed by atoms with Crippen LogP contribution in [0.1, 0.15) is 70.5 Å². The van der Waals surface area contributed by atoms with Gasteiger partial charge in [-0.1, -0.05) is 66.1 Å². The lowest BCUT2D eigenvalue weighted by molar-refractivity contribution is 0.448. The Kier molecular flexibility index (Phi) is 4.24. The van der Waals surface area contributed by atoms with Gasteiger partial charge in [0.25, 0.3) is 0 Å². The molecule has 5 rings (SSSR count). The summed E-state index contributed by atoms with van der Waals surface area (Å²) >= 11 is 0. The lowest BCUT2D eigenvalue weighted by Crippen LogP contribution is -2.32. The van der Waals surface area contributed by atoms with Gasteiger partial charge in [0.15, 0.2) is 0 Å². The summed E-state index contributed by atoms with van der Waals surface area (Å²) in [7, 11) is 0. The molecule has 29 heavy (non-hydrogen) atoms. The number of hydrogen-bond donors (Lipinski definition) is 0. The van der Waals surface area contributed by atoms with Crippen LogP contribution in [0.3, 0.4) is 0 Å². The largest absolute Gasteiger partial charge is 0.258 e. The number of pyridine rings is 1. The molecule has 2 aromatic carbocycles. The van der Waals surface area contributed by atoms with Crippen molar-refractivity contribution >= 4 is 5.57 Å². The highest BCUT2D eigenvalue weighted by atomic mass is 14.7. The maximum atomic E-state index is 4.94. The van der Waals surface area contributed by atoms with Crippen molar-refractivity contribution in [2.45, 2.75) is 58.8 Å². The van der Waals surface area contributed by atoms with Gasteiger partial charge in [-0.25, -0.2) is 0 Å². The molecule has 1 aromatic heterocycles. The molecule has 0 amide bonds. The van der Waals surface area contributed by atoms with E-state index in [1.54, 1.807) is 5.57 Å². The fourth-order valence-electron chi connectivity index (χ4n) is 5.75.